The molecule has 5 rings (SSSR count). The number of urea groups is 1. The van der Waals surface area contributed by atoms with Gasteiger partial charge in [-0.1, -0.05) is 88.7 Å². The van der Waals surface area contributed by atoms with Crippen molar-refractivity contribution in [1.29, 1.82) is 0 Å². The van der Waals surface area contributed by atoms with Crippen LogP contribution in [0.1, 0.15) is 42.0 Å². The van der Waals surface area contributed by atoms with E-state index in [1.807, 2.05) is 84.9 Å². The largest absolute Gasteiger partial charge is 0.349 e. The summed E-state index contributed by atoms with van der Waals surface area (Å²) in [6.07, 6.45) is 2.25. The van der Waals surface area contributed by atoms with E-state index in [0.717, 1.165) is 34.1 Å². The third-order valence-corrected chi connectivity index (χ3v) is 8.22. The van der Waals surface area contributed by atoms with Crippen LogP contribution in [-0.4, -0.2) is 52.8 Å². The molecule has 0 aliphatic carbocycles. The van der Waals surface area contributed by atoms with Crippen LogP contribution in [0.4, 0.5) is 4.79 Å². The molecular weight excluding hydrogens is 556 g/mol. The normalized spacial score (nSPS) is 17.7. The Labute approximate surface area is 237 Å². The lowest BCUT2D eigenvalue weighted by Crippen LogP contribution is -2.55. The quantitative estimate of drug-likeness (QED) is 0.351. The van der Waals surface area contributed by atoms with E-state index in [0.29, 0.717) is 32.4 Å². The van der Waals surface area contributed by atoms with Crippen LogP contribution in [0.5, 0.6) is 0 Å². The SMILES string of the molecule is O=C(Cc1ccccc1)NC(CCN1CCC2(CC1)NC(=O)N(Cc1ccc(Br)cc1)C2=O)c1ccccc1. The summed E-state index contributed by atoms with van der Waals surface area (Å²) in [5, 5.41) is 6.23. The molecule has 2 aliphatic rings. The molecule has 202 valence electrons. The topological polar surface area (TPSA) is 81.8 Å². The average Bonchev–Trinajstić information content (AvgIpc) is 3.18. The summed E-state index contributed by atoms with van der Waals surface area (Å²) in [7, 11) is 0. The van der Waals surface area contributed by atoms with Crippen LogP contribution < -0.4 is 10.6 Å². The molecule has 0 bridgehead atoms. The monoisotopic (exact) mass is 588 g/mol. The zero-order valence-electron chi connectivity index (χ0n) is 21.8. The number of piperidine rings is 1. The van der Waals surface area contributed by atoms with Crippen LogP contribution in [0, 0.1) is 0 Å². The molecule has 8 heteroatoms. The first kappa shape index (κ1) is 27.1. The molecule has 39 heavy (non-hydrogen) atoms. The molecule has 2 fully saturated rings. The highest BCUT2D eigenvalue weighted by Crippen LogP contribution is 2.31. The Kier molecular flexibility index (Phi) is 8.43. The second kappa shape index (κ2) is 12.1. The summed E-state index contributed by atoms with van der Waals surface area (Å²) in [5.41, 5.74) is 2.15. The van der Waals surface area contributed by atoms with Crippen LogP contribution >= 0.6 is 15.9 Å². The van der Waals surface area contributed by atoms with Crippen LogP contribution in [0.25, 0.3) is 0 Å². The number of amides is 4. The van der Waals surface area contributed by atoms with E-state index >= 15 is 0 Å². The molecule has 1 atom stereocenters. The summed E-state index contributed by atoms with van der Waals surface area (Å²) in [6.45, 7) is 2.46. The van der Waals surface area contributed by atoms with Crippen molar-refractivity contribution in [2.75, 3.05) is 19.6 Å². The number of hydrogen-bond acceptors (Lipinski definition) is 4. The predicted molar refractivity (Wildman–Crippen MR) is 154 cm³/mol. The van der Waals surface area contributed by atoms with Gasteiger partial charge in [-0.2, -0.15) is 0 Å². The first-order valence-corrected chi connectivity index (χ1v) is 14.2. The van der Waals surface area contributed by atoms with Crippen molar-refractivity contribution in [3.05, 3.63) is 106 Å². The van der Waals surface area contributed by atoms with Crippen LogP contribution in [0.2, 0.25) is 0 Å². The molecule has 1 unspecified atom stereocenters. The highest BCUT2D eigenvalue weighted by atomic mass is 79.9. The number of nitrogens with one attached hydrogen (secondary N) is 2. The van der Waals surface area contributed by atoms with Crippen molar-refractivity contribution in [3.8, 4) is 0 Å². The fraction of sp³-hybridized carbons (Fsp3) is 0.323. The minimum absolute atomic E-state index is 0.00206. The van der Waals surface area contributed by atoms with E-state index in [2.05, 4.69) is 31.5 Å². The van der Waals surface area contributed by atoms with Gasteiger partial charge in [-0.25, -0.2) is 4.79 Å². The number of carbonyl (C=O) groups is 3. The van der Waals surface area contributed by atoms with Crippen molar-refractivity contribution in [2.45, 2.75) is 43.8 Å². The molecule has 0 aromatic heterocycles. The molecular formula is C31H33BrN4O3. The first-order chi connectivity index (χ1) is 18.9. The van der Waals surface area contributed by atoms with Crippen LogP contribution in [-0.2, 0) is 22.6 Å². The molecule has 0 radical (unpaired) electrons. The maximum absolute atomic E-state index is 13.4. The maximum Gasteiger partial charge on any atom is 0.325 e. The van der Waals surface area contributed by atoms with Gasteiger partial charge >= 0.3 is 6.03 Å². The van der Waals surface area contributed by atoms with E-state index < -0.39 is 5.54 Å². The van der Waals surface area contributed by atoms with E-state index in [1.165, 1.54) is 4.90 Å². The van der Waals surface area contributed by atoms with E-state index in [1.54, 1.807) is 0 Å². The Hall–Kier alpha value is -3.49. The van der Waals surface area contributed by atoms with Gasteiger partial charge in [0.05, 0.1) is 19.0 Å². The second-order valence-electron chi connectivity index (χ2n) is 10.4. The number of hydrogen-bond donors (Lipinski definition) is 2. The van der Waals surface area contributed by atoms with Crippen molar-refractivity contribution in [1.82, 2.24) is 20.4 Å². The van der Waals surface area contributed by atoms with Gasteiger partial charge in [0.25, 0.3) is 5.91 Å². The maximum atomic E-state index is 13.4. The van der Waals surface area contributed by atoms with E-state index in [9.17, 15) is 14.4 Å². The van der Waals surface area contributed by atoms with Crippen LogP contribution in [0.15, 0.2) is 89.4 Å². The zero-order chi connectivity index (χ0) is 27.2. The standard InChI is InChI=1S/C31H33BrN4O3/c32-26-13-11-24(12-14-26)22-36-29(38)31(34-30(36)39)16-19-35(20-17-31)18-15-27(25-9-5-2-6-10-25)33-28(37)21-23-7-3-1-4-8-23/h1-14,27H,15-22H2,(H,33,37)(H,34,39). The van der Waals surface area contributed by atoms with Gasteiger partial charge in [-0.3, -0.25) is 14.5 Å². The summed E-state index contributed by atoms with van der Waals surface area (Å²) in [4.78, 5) is 42.6. The molecule has 2 aliphatic heterocycles. The Balaban J connectivity index is 1.17. The van der Waals surface area contributed by atoms with Gasteiger partial charge < -0.3 is 15.5 Å². The molecule has 1 spiro atoms. The third-order valence-electron chi connectivity index (χ3n) is 7.69. The van der Waals surface area contributed by atoms with Gasteiger partial charge in [0.15, 0.2) is 0 Å². The number of rotatable bonds is 9. The second-order valence-corrected chi connectivity index (χ2v) is 11.3. The lowest BCUT2D eigenvalue weighted by molar-refractivity contribution is -0.133. The fourth-order valence-corrected chi connectivity index (χ4v) is 5.70. The van der Waals surface area contributed by atoms with Crippen molar-refractivity contribution < 1.29 is 14.4 Å². The summed E-state index contributed by atoms with van der Waals surface area (Å²) >= 11 is 3.42. The molecule has 7 nitrogen and oxygen atoms in total. The number of halogens is 1. The first-order valence-electron chi connectivity index (χ1n) is 13.4. The van der Waals surface area contributed by atoms with Crippen molar-refractivity contribution in [3.63, 3.8) is 0 Å². The van der Waals surface area contributed by atoms with E-state index in [4.69, 9.17) is 0 Å². The predicted octanol–water partition coefficient (Wildman–Crippen LogP) is 4.83. The smallest absolute Gasteiger partial charge is 0.325 e. The Morgan fingerprint density at radius 3 is 2.21 bits per heavy atom. The van der Waals surface area contributed by atoms with Gasteiger partial charge in [0.1, 0.15) is 5.54 Å². The van der Waals surface area contributed by atoms with Crippen molar-refractivity contribution >= 4 is 33.8 Å². The summed E-state index contributed by atoms with van der Waals surface area (Å²) < 4.78 is 0.956. The molecule has 3 aromatic rings. The van der Waals surface area contributed by atoms with Gasteiger partial charge in [-0.15, -0.1) is 0 Å². The Morgan fingerprint density at radius 1 is 0.897 bits per heavy atom. The Morgan fingerprint density at radius 2 is 1.54 bits per heavy atom. The molecule has 4 amide bonds. The van der Waals surface area contributed by atoms with Gasteiger partial charge in [0.2, 0.25) is 5.91 Å². The third kappa shape index (κ3) is 6.57. The number of likely N-dealkylation sites (tertiary alicyclic amines) is 1. The van der Waals surface area contributed by atoms with Crippen LogP contribution in [0.3, 0.4) is 0 Å². The molecule has 0 saturated carbocycles. The lowest BCUT2D eigenvalue weighted by Gasteiger charge is -2.37. The number of nitrogens with zero attached hydrogens (tertiary/aromatic N) is 2. The summed E-state index contributed by atoms with van der Waals surface area (Å²) in [5.74, 6) is -0.136. The van der Waals surface area contributed by atoms with Gasteiger partial charge in [-0.05, 0) is 48.1 Å². The fourth-order valence-electron chi connectivity index (χ4n) is 5.44. The Bertz CT molecular complexity index is 1290. The number of carbonyl (C=O) groups excluding carboxylic acids is 3. The zero-order valence-corrected chi connectivity index (χ0v) is 23.4. The van der Waals surface area contributed by atoms with Crippen molar-refractivity contribution in [2.24, 2.45) is 0 Å². The molecule has 3 aromatic carbocycles. The molecule has 2 heterocycles. The highest BCUT2D eigenvalue weighted by Gasteiger charge is 2.52. The lowest BCUT2D eigenvalue weighted by atomic mass is 9.87. The molecule has 2 N–H and O–H groups in total. The number of imide groups is 1. The number of benzene rings is 3. The molecule has 2 saturated heterocycles. The van der Waals surface area contributed by atoms with E-state index in [-0.39, 0.29) is 30.4 Å². The minimum atomic E-state index is -0.828. The highest BCUT2D eigenvalue weighted by molar-refractivity contribution is 9.10. The minimum Gasteiger partial charge on any atom is -0.349 e. The van der Waals surface area contributed by atoms with Gasteiger partial charge in [0, 0.05) is 24.1 Å². The average molecular weight is 590 g/mol. The summed E-state index contributed by atoms with van der Waals surface area (Å²) in [6, 6.07) is 27.0.